The lowest BCUT2D eigenvalue weighted by Crippen LogP contribution is -2.43. The number of hydrogen-bond acceptors (Lipinski definition) is 5. The Morgan fingerprint density at radius 3 is 2.87 bits per heavy atom. The number of rotatable bonds is 4. The van der Waals surface area contributed by atoms with Gasteiger partial charge in [0.1, 0.15) is 0 Å². The van der Waals surface area contributed by atoms with E-state index < -0.39 is 0 Å². The number of aromatic nitrogens is 2. The van der Waals surface area contributed by atoms with Crippen molar-refractivity contribution in [3.63, 3.8) is 0 Å². The van der Waals surface area contributed by atoms with Gasteiger partial charge in [-0.25, -0.2) is 5.10 Å². The van der Waals surface area contributed by atoms with E-state index in [1.165, 1.54) is 0 Å². The van der Waals surface area contributed by atoms with Crippen LogP contribution >= 0.6 is 12.2 Å². The molecule has 0 amide bonds. The zero-order chi connectivity index (χ0) is 10.5. The van der Waals surface area contributed by atoms with Gasteiger partial charge in [-0.3, -0.25) is 0 Å². The Morgan fingerprint density at radius 2 is 2.20 bits per heavy atom. The Kier molecular flexibility index (Phi) is 3.87. The smallest absolute Gasteiger partial charge is 0.284 e. The summed E-state index contributed by atoms with van der Waals surface area (Å²) in [5.41, 5.74) is 0. The SMILES string of the molecule is S=c1[nH]nc(CCCN2CCNCC2)o1. The van der Waals surface area contributed by atoms with E-state index in [2.05, 4.69) is 20.4 Å². The first-order chi connectivity index (χ1) is 7.34. The summed E-state index contributed by atoms with van der Waals surface area (Å²) >= 11 is 4.81. The van der Waals surface area contributed by atoms with Crippen LogP contribution in [0, 0.1) is 4.84 Å². The molecule has 0 bridgehead atoms. The zero-order valence-corrected chi connectivity index (χ0v) is 9.48. The number of H-pyrrole nitrogens is 1. The summed E-state index contributed by atoms with van der Waals surface area (Å²) in [4.78, 5) is 2.82. The Bertz CT molecular complexity index is 342. The third kappa shape index (κ3) is 3.40. The van der Waals surface area contributed by atoms with Crippen molar-refractivity contribution < 1.29 is 4.42 Å². The minimum Gasteiger partial charge on any atom is -0.414 e. The van der Waals surface area contributed by atoms with Gasteiger partial charge in [0, 0.05) is 32.6 Å². The van der Waals surface area contributed by atoms with Gasteiger partial charge >= 0.3 is 0 Å². The molecule has 1 aliphatic heterocycles. The van der Waals surface area contributed by atoms with Crippen LogP contribution in [0.5, 0.6) is 0 Å². The molecule has 2 N–H and O–H groups in total. The fourth-order valence-electron chi connectivity index (χ4n) is 1.76. The Balaban J connectivity index is 1.68. The van der Waals surface area contributed by atoms with Crippen molar-refractivity contribution in [3.05, 3.63) is 10.7 Å². The average Bonchev–Trinajstić information content (AvgIpc) is 2.66. The standard InChI is InChI=1S/C9H16N4OS/c15-9-12-11-8(14-9)2-1-5-13-6-3-10-4-7-13/h10H,1-7H2,(H,12,15). The van der Waals surface area contributed by atoms with Gasteiger partial charge in [-0.15, -0.1) is 5.10 Å². The molecule has 1 aromatic rings. The van der Waals surface area contributed by atoms with Gasteiger partial charge in [-0.05, 0) is 25.2 Å². The molecule has 6 heteroatoms. The van der Waals surface area contributed by atoms with E-state index in [0.717, 1.165) is 51.5 Å². The van der Waals surface area contributed by atoms with Crippen LogP contribution in [0.4, 0.5) is 0 Å². The van der Waals surface area contributed by atoms with Crippen molar-refractivity contribution in [1.82, 2.24) is 20.4 Å². The van der Waals surface area contributed by atoms with Crippen LogP contribution in [0.25, 0.3) is 0 Å². The van der Waals surface area contributed by atoms with E-state index in [-0.39, 0.29) is 0 Å². The Morgan fingerprint density at radius 1 is 1.40 bits per heavy atom. The molecule has 1 aliphatic rings. The molecular formula is C9H16N4OS. The molecule has 84 valence electrons. The topological polar surface area (TPSA) is 57.1 Å². The molecule has 0 unspecified atom stereocenters. The van der Waals surface area contributed by atoms with Crippen molar-refractivity contribution in [2.45, 2.75) is 12.8 Å². The van der Waals surface area contributed by atoms with Gasteiger partial charge in [0.05, 0.1) is 0 Å². The Hall–Kier alpha value is -0.720. The van der Waals surface area contributed by atoms with Crippen LogP contribution < -0.4 is 5.32 Å². The lowest BCUT2D eigenvalue weighted by molar-refractivity contribution is 0.236. The number of aryl methyl sites for hydroxylation is 1. The van der Waals surface area contributed by atoms with Gasteiger partial charge in [0.15, 0.2) is 0 Å². The number of aromatic amines is 1. The second-order valence-electron chi connectivity index (χ2n) is 3.70. The molecular weight excluding hydrogens is 212 g/mol. The quantitative estimate of drug-likeness (QED) is 0.738. The van der Waals surface area contributed by atoms with Crippen molar-refractivity contribution in [3.8, 4) is 0 Å². The maximum Gasteiger partial charge on any atom is 0.284 e. The van der Waals surface area contributed by atoms with Crippen molar-refractivity contribution in [1.29, 1.82) is 0 Å². The molecule has 1 saturated heterocycles. The van der Waals surface area contributed by atoms with Crippen LogP contribution in [0.2, 0.25) is 0 Å². The first-order valence-electron chi connectivity index (χ1n) is 5.32. The summed E-state index contributed by atoms with van der Waals surface area (Å²) in [7, 11) is 0. The van der Waals surface area contributed by atoms with Gasteiger partial charge in [0.2, 0.25) is 5.89 Å². The van der Waals surface area contributed by atoms with Crippen LogP contribution in [-0.4, -0.2) is 47.8 Å². The third-order valence-electron chi connectivity index (χ3n) is 2.56. The van der Waals surface area contributed by atoms with Gasteiger partial charge in [0.25, 0.3) is 4.84 Å². The molecule has 0 radical (unpaired) electrons. The number of nitrogens with one attached hydrogen (secondary N) is 2. The molecule has 2 heterocycles. The maximum absolute atomic E-state index is 5.19. The second-order valence-corrected chi connectivity index (χ2v) is 4.07. The molecule has 0 aromatic carbocycles. The molecule has 0 saturated carbocycles. The maximum atomic E-state index is 5.19. The highest BCUT2D eigenvalue weighted by molar-refractivity contribution is 7.71. The van der Waals surface area contributed by atoms with Crippen molar-refractivity contribution >= 4 is 12.2 Å². The monoisotopic (exact) mass is 228 g/mol. The molecule has 0 atom stereocenters. The van der Waals surface area contributed by atoms with E-state index in [0.29, 0.717) is 4.84 Å². The predicted molar refractivity (Wildman–Crippen MR) is 59.3 cm³/mol. The van der Waals surface area contributed by atoms with Crippen molar-refractivity contribution in [2.75, 3.05) is 32.7 Å². The molecule has 1 aromatic heterocycles. The highest BCUT2D eigenvalue weighted by Crippen LogP contribution is 2.01. The summed E-state index contributed by atoms with van der Waals surface area (Å²) in [5, 5.41) is 9.94. The highest BCUT2D eigenvalue weighted by atomic mass is 32.1. The molecule has 1 fully saturated rings. The average molecular weight is 228 g/mol. The predicted octanol–water partition coefficient (Wildman–Crippen LogP) is 0.570. The molecule has 5 nitrogen and oxygen atoms in total. The van der Waals surface area contributed by atoms with E-state index in [1.54, 1.807) is 0 Å². The normalized spacial score (nSPS) is 18.1. The van der Waals surface area contributed by atoms with E-state index in [1.807, 2.05) is 0 Å². The van der Waals surface area contributed by atoms with Crippen LogP contribution in [-0.2, 0) is 6.42 Å². The first-order valence-corrected chi connectivity index (χ1v) is 5.73. The second kappa shape index (κ2) is 5.39. The number of piperazine rings is 1. The van der Waals surface area contributed by atoms with Gasteiger partial charge in [-0.2, -0.15) is 0 Å². The van der Waals surface area contributed by atoms with E-state index in [9.17, 15) is 0 Å². The van der Waals surface area contributed by atoms with Crippen molar-refractivity contribution in [2.24, 2.45) is 0 Å². The summed E-state index contributed by atoms with van der Waals surface area (Å²) in [6.45, 7) is 5.59. The first kappa shape index (κ1) is 10.8. The van der Waals surface area contributed by atoms with Crippen LogP contribution in [0.15, 0.2) is 4.42 Å². The molecule has 0 spiro atoms. The van der Waals surface area contributed by atoms with Crippen LogP contribution in [0.1, 0.15) is 12.3 Å². The lowest BCUT2D eigenvalue weighted by atomic mass is 10.2. The summed E-state index contributed by atoms with van der Waals surface area (Å²) < 4.78 is 5.19. The van der Waals surface area contributed by atoms with Gasteiger partial charge < -0.3 is 14.6 Å². The van der Waals surface area contributed by atoms with Gasteiger partial charge in [-0.1, -0.05) is 0 Å². The summed E-state index contributed by atoms with van der Waals surface area (Å²) in [6, 6.07) is 0. The van der Waals surface area contributed by atoms with E-state index >= 15 is 0 Å². The van der Waals surface area contributed by atoms with Crippen LogP contribution in [0.3, 0.4) is 0 Å². The number of hydrogen-bond donors (Lipinski definition) is 2. The highest BCUT2D eigenvalue weighted by Gasteiger charge is 2.09. The van der Waals surface area contributed by atoms with E-state index in [4.69, 9.17) is 16.6 Å². The fourth-order valence-corrected chi connectivity index (χ4v) is 1.90. The lowest BCUT2D eigenvalue weighted by Gasteiger charge is -2.26. The summed E-state index contributed by atoms with van der Waals surface area (Å²) in [5.74, 6) is 0.718. The summed E-state index contributed by atoms with van der Waals surface area (Å²) in [6.07, 6.45) is 1.93. The largest absolute Gasteiger partial charge is 0.414 e. The zero-order valence-electron chi connectivity index (χ0n) is 8.66. The minimum atomic E-state index is 0.368. The molecule has 2 rings (SSSR count). The molecule has 0 aliphatic carbocycles. The third-order valence-corrected chi connectivity index (χ3v) is 2.73. The number of nitrogens with zero attached hydrogens (tertiary/aromatic N) is 2. The molecule has 15 heavy (non-hydrogen) atoms. The fraction of sp³-hybridized carbons (Fsp3) is 0.778. The Labute approximate surface area is 93.9 Å². The minimum absolute atomic E-state index is 0.368.